The van der Waals surface area contributed by atoms with E-state index in [1.54, 1.807) is 35.5 Å². The van der Waals surface area contributed by atoms with Crippen molar-refractivity contribution < 1.29 is 38.3 Å². The second-order valence-electron chi connectivity index (χ2n) is 14.3. The van der Waals surface area contributed by atoms with Crippen molar-refractivity contribution in [3.63, 3.8) is 0 Å². The Labute approximate surface area is 277 Å². The molecule has 0 aliphatic rings. The molecule has 0 fully saturated rings. The molecule has 0 aliphatic heterocycles. The van der Waals surface area contributed by atoms with E-state index in [4.69, 9.17) is 33.2 Å². The van der Waals surface area contributed by atoms with Crippen molar-refractivity contribution in [3.05, 3.63) is 53.1 Å². The monoisotopic (exact) mass is 656 g/mol. The van der Waals surface area contributed by atoms with E-state index in [-0.39, 0.29) is 30.2 Å². The summed E-state index contributed by atoms with van der Waals surface area (Å²) in [5.74, 6) is 3.43. The fourth-order valence-corrected chi connectivity index (χ4v) is 7.90. The smallest absolute Gasteiger partial charge is 0.188 e. The Hall–Kier alpha value is -3.19. The Morgan fingerprint density at radius 2 is 0.826 bits per heavy atom. The summed E-state index contributed by atoms with van der Waals surface area (Å²) in [5.41, 5.74) is 1.56. The molecule has 0 amide bonds. The number of ether oxygens (including phenoxy) is 7. The van der Waals surface area contributed by atoms with E-state index in [0.29, 0.717) is 34.1 Å². The molecule has 254 valence electrons. The van der Waals surface area contributed by atoms with E-state index >= 15 is 0 Å². The minimum Gasteiger partial charge on any atom is -0.507 e. The van der Waals surface area contributed by atoms with Crippen LogP contribution in [0.15, 0.2) is 36.4 Å². The number of methoxy groups -OCH3 is 5. The normalized spacial score (nSPS) is 12.3. The van der Waals surface area contributed by atoms with Crippen molar-refractivity contribution in [2.75, 3.05) is 49.1 Å². The number of hydrogen-bond donors (Lipinski definition) is 1. The Balaban J connectivity index is 2.73. The molecular weight excluding hydrogens is 603 g/mol. The van der Waals surface area contributed by atoms with E-state index in [2.05, 4.69) is 62.3 Å². The van der Waals surface area contributed by atoms with E-state index in [1.807, 2.05) is 36.4 Å². The predicted octanol–water partition coefficient (Wildman–Crippen LogP) is 7.03. The molecule has 0 spiro atoms. The van der Waals surface area contributed by atoms with Gasteiger partial charge in [-0.25, -0.2) is 0 Å². The molecule has 9 heteroatoms. The fraction of sp³-hybridized carbons (Fsp3) is 0.514. The molecule has 46 heavy (non-hydrogen) atoms. The van der Waals surface area contributed by atoms with Crippen molar-refractivity contribution in [1.29, 1.82) is 0 Å². The molecule has 3 rings (SSSR count). The summed E-state index contributed by atoms with van der Waals surface area (Å²) < 4.78 is 41.5. The van der Waals surface area contributed by atoms with Crippen LogP contribution in [0.1, 0.15) is 79.0 Å². The molecule has 0 atom stereocenters. The van der Waals surface area contributed by atoms with Crippen LogP contribution in [0.25, 0.3) is 0 Å². The second-order valence-corrected chi connectivity index (χ2v) is 16.4. The summed E-state index contributed by atoms with van der Waals surface area (Å²) in [5, 5.41) is 14.6. The lowest BCUT2D eigenvalue weighted by molar-refractivity contribution is 0.0505. The number of benzene rings is 3. The number of phenols is 1. The van der Waals surface area contributed by atoms with Gasteiger partial charge in [0.1, 0.15) is 34.5 Å². The third-order valence-corrected chi connectivity index (χ3v) is 10.1. The number of phenolic OH excluding ortho intramolecular Hbond substituents is 1. The van der Waals surface area contributed by atoms with Crippen LogP contribution in [0, 0.1) is 0 Å². The number of aromatic hydroxyl groups is 1. The Bertz CT molecular complexity index is 1420. The van der Waals surface area contributed by atoms with E-state index in [9.17, 15) is 5.11 Å². The first-order valence-corrected chi connectivity index (χ1v) is 16.7. The van der Waals surface area contributed by atoms with Crippen LogP contribution in [0.3, 0.4) is 0 Å². The van der Waals surface area contributed by atoms with Crippen LogP contribution in [-0.4, -0.2) is 54.2 Å². The van der Waals surface area contributed by atoms with Crippen LogP contribution < -0.4 is 39.6 Å². The minimum absolute atomic E-state index is 0.0291. The summed E-state index contributed by atoms with van der Waals surface area (Å²) in [6.45, 7) is 19.0. The maximum Gasteiger partial charge on any atom is 0.188 e. The van der Waals surface area contributed by atoms with Crippen molar-refractivity contribution >= 4 is 23.8 Å². The third-order valence-electron chi connectivity index (χ3n) is 7.65. The van der Waals surface area contributed by atoms with Crippen molar-refractivity contribution in [2.24, 2.45) is 0 Å². The summed E-state index contributed by atoms with van der Waals surface area (Å²) in [7, 11) is 6.49. The minimum atomic E-state index is -1.65. The lowest BCUT2D eigenvalue weighted by atomic mass is 9.86. The van der Waals surface area contributed by atoms with Gasteiger partial charge in [0.05, 0.1) is 21.3 Å². The molecule has 0 bridgehead atoms. The van der Waals surface area contributed by atoms with Gasteiger partial charge in [0.25, 0.3) is 0 Å². The molecule has 3 aromatic carbocycles. The Kier molecular flexibility index (Phi) is 11.9. The van der Waals surface area contributed by atoms with Crippen LogP contribution in [0.4, 0.5) is 0 Å². The first-order valence-electron chi connectivity index (χ1n) is 15.3. The highest BCUT2D eigenvalue weighted by Gasteiger charge is 2.36. The molecule has 3 aromatic rings. The molecule has 8 nitrogen and oxygen atoms in total. The van der Waals surface area contributed by atoms with Gasteiger partial charge in [-0.15, -0.1) is 0 Å². The molecule has 0 saturated heterocycles. The standard InChI is InChI=1S/C37H53O8P/c1-35(2,3)26-15-23(41-12)18-29(32(26)38)46(30-19-24(42-13)16-27(36(4,5)6)33(30)44-21-39-10)31-20-25(43-14)17-28(37(7,8)9)34(31)45-22-40-11/h15-20,38H,21-22H2,1-14H3. The summed E-state index contributed by atoms with van der Waals surface area (Å²) in [6.07, 6.45) is 0. The van der Waals surface area contributed by atoms with Gasteiger partial charge in [0.15, 0.2) is 13.6 Å². The average molecular weight is 657 g/mol. The van der Waals surface area contributed by atoms with Crippen LogP contribution >= 0.6 is 7.92 Å². The lowest BCUT2D eigenvalue weighted by Gasteiger charge is -2.33. The molecular formula is C37H53O8P. The molecule has 0 heterocycles. The van der Waals surface area contributed by atoms with Gasteiger partial charge in [0, 0.05) is 46.8 Å². The van der Waals surface area contributed by atoms with Crippen LogP contribution in [0.2, 0.25) is 0 Å². The molecule has 1 N–H and O–H groups in total. The summed E-state index contributed by atoms with van der Waals surface area (Å²) in [6, 6.07) is 11.8. The van der Waals surface area contributed by atoms with E-state index in [1.165, 1.54) is 0 Å². The van der Waals surface area contributed by atoms with Crippen LogP contribution in [-0.2, 0) is 25.7 Å². The van der Waals surface area contributed by atoms with Gasteiger partial charge in [-0.2, -0.15) is 0 Å². The highest BCUT2D eigenvalue weighted by atomic mass is 31.1. The van der Waals surface area contributed by atoms with Crippen molar-refractivity contribution in [1.82, 2.24) is 0 Å². The topological polar surface area (TPSA) is 84.8 Å². The quantitative estimate of drug-likeness (QED) is 0.164. The highest BCUT2D eigenvalue weighted by molar-refractivity contribution is 7.80. The second kappa shape index (κ2) is 14.7. The molecule has 0 aromatic heterocycles. The van der Waals surface area contributed by atoms with Gasteiger partial charge in [-0.1, -0.05) is 62.3 Å². The van der Waals surface area contributed by atoms with Gasteiger partial charge >= 0.3 is 0 Å². The van der Waals surface area contributed by atoms with E-state index in [0.717, 1.165) is 27.3 Å². The number of rotatable bonds is 12. The first kappa shape index (κ1) is 37.3. The Morgan fingerprint density at radius 3 is 1.13 bits per heavy atom. The van der Waals surface area contributed by atoms with Gasteiger partial charge in [-0.05, 0) is 60.6 Å². The zero-order valence-electron chi connectivity index (χ0n) is 30.1. The lowest BCUT2D eigenvalue weighted by Crippen LogP contribution is -2.30. The third kappa shape index (κ3) is 8.20. The largest absolute Gasteiger partial charge is 0.507 e. The van der Waals surface area contributed by atoms with Crippen molar-refractivity contribution in [2.45, 2.75) is 78.6 Å². The average Bonchev–Trinajstić information content (AvgIpc) is 2.98. The highest BCUT2D eigenvalue weighted by Crippen LogP contribution is 2.50. The van der Waals surface area contributed by atoms with E-state index < -0.39 is 13.3 Å². The van der Waals surface area contributed by atoms with Gasteiger partial charge < -0.3 is 38.3 Å². The zero-order valence-corrected chi connectivity index (χ0v) is 31.0. The Morgan fingerprint density at radius 1 is 0.500 bits per heavy atom. The van der Waals surface area contributed by atoms with Crippen LogP contribution in [0.5, 0.6) is 34.5 Å². The SMILES string of the molecule is COCOc1c(P(c2cc(OC)cc(C(C)(C)C)c2O)c2cc(OC)cc(C(C)(C)C)c2OCOC)cc(OC)cc1C(C)(C)C. The maximum atomic E-state index is 12.2. The van der Waals surface area contributed by atoms with Crippen molar-refractivity contribution in [3.8, 4) is 34.5 Å². The molecule has 0 radical (unpaired) electrons. The molecule has 0 saturated carbocycles. The van der Waals surface area contributed by atoms with Gasteiger partial charge in [0.2, 0.25) is 0 Å². The summed E-state index contributed by atoms with van der Waals surface area (Å²) >= 11 is 0. The summed E-state index contributed by atoms with van der Waals surface area (Å²) in [4.78, 5) is 0. The molecule has 0 aliphatic carbocycles. The predicted molar refractivity (Wildman–Crippen MR) is 188 cm³/mol. The fourth-order valence-electron chi connectivity index (χ4n) is 5.24. The van der Waals surface area contributed by atoms with Gasteiger partial charge in [-0.3, -0.25) is 0 Å². The zero-order chi connectivity index (χ0) is 34.6. The molecule has 0 unspecified atom stereocenters. The maximum absolute atomic E-state index is 12.2. The first-order chi connectivity index (χ1) is 21.4. The number of hydrogen-bond acceptors (Lipinski definition) is 8.